The van der Waals surface area contributed by atoms with Gasteiger partial charge in [-0.05, 0) is 65.4 Å². The molecule has 0 radical (unpaired) electrons. The molecule has 4 nitrogen and oxygen atoms in total. The van der Waals surface area contributed by atoms with Gasteiger partial charge in [-0.2, -0.15) is 0 Å². The van der Waals surface area contributed by atoms with Gasteiger partial charge < -0.3 is 10.1 Å². The lowest BCUT2D eigenvalue weighted by Crippen LogP contribution is -2.50. The molecule has 0 aliphatic carbocycles. The van der Waals surface area contributed by atoms with Crippen molar-refractivity contribution in [1.29, 1.82) is 0 Å². The van der Waals surface area contributed by atoms with Gasteiger partial charge in [0.1, 0.15) is 5.75 Å². The van der Waals surface area contributed by atoms with E-state index in [0.717, 1.165) is 5.75 Å². The molecule has 2 heterocycles. The molecular formula is C16H27N3O. The van der Waals surface area contributed by atoms with E-state index < -0.39 is 0 Å². The molecule has 0 spiro atoms. The second-order valence-electron chi connectivity index (χ2n) is 5.96. The fourth-order valence-corrected chi connectivity index (χ4v) is 3.24. The van der Waals surface area contributed by atoms with Gasteiger partial charge in [-0.25, -0.2) is 0 Å². The molecule has 1 N–H and O–H groups in total. The standard InChI is InChI=1S/C16H27N3O/c1-5-20-14-10-13(11-18-12-14)15(17-4)16(2,3)19-8-6-7-9-19/h10-12,15,17H,5-9H2,1-4H3. The Balaban J connectivity index is 2.24. The van der Waals surface area contributed by atoms with Crippen molar-refractivity contribution in [3.63, 3.8) is 0 Å². The summed E-state index contributed by atoms with van der Waals surface area (Å²) in [4.78, 5) is 6.90. The minimum Gasteiger partial charge on any atom is -0.492 e. The fraction of sp³-hybridized carbons (Fsp3) is 0.688. The molecule has 1 saturated heterocycles. The van der Waals surface area contributed by atoms with Crippen molar-refractivity contribution < 1.29 is 4.74 Å². The van der Waals surface area contributed by atoms with Crippen LogP contribution in [0.3, 0.4) is 0 Å². The number of ether oxygens (including phenoxy) is 1. The normalized spacial score (nSPS) is 18.2. The van der Waals surface area contributed by atoms with Crippen LogP contribution in [0.1, 0.15) is 45.2 Å². The van der Waals surface area contributed by atoms with Gasteiger partial charge in [0.15, 0.2) is 0 Å². The van der Waals surface area contributed by atoms with Gasteiger partial charge in [-0.1, -0.05) is 0 Å². The largest absolute Gasteiger partial charge is 0.492 e. The number of hydrogen-bond donors (Lipinski definition) is 1. The van der Waals surface area contributed by atoms with Crippen LogP contribution in [0.5, 0.6) is 5.75 Å². The molecule has 1 aliphatic heterocycles. The smallest absolute Gasteiger partial charge is 0.137 e. The van der Waals surface area contributed by atoms with Gasteiger partial charge in [-0.3, -0.25) is 9.88 Å². The van der Waals surface area contributed by atoms with Crippen LogP contribution in [0.25, 0.3) is 0 Å². The second-order valence-corrected chi connectivity index (χ2v) is 5.96. The van der Waals surface area contributed by atoms with Gasteiger partial charge in [0, 0.05) is 11.7 Å². The molecule has 1 unspecified atom stereocenters. The maximum Gasteiger partial charge on any atom is 0.137 e. The Morgan fingerprint density at radius 1 is 1.35 bits per heavy atom. The van der Waals surface area contributed by atoms with Gasteiger partial charge in [-0.15, -0.1) is 0 Å². The highest BCUT2D eigenvalue weighted by Crippen LogP contribution is 2.34. The zero-order chi connectivity index (χ0) is 14.6. The van der Waals surface area contributed by atoms with Crippen LogP contribution in [0.4, 0.5) is 0 Å². The third kappa shape index (κ3) is 3.13. The van der Waals surface area contributed by atoms with Crippen LogP contribution in [-0.4, -0.2) is 42.2 Å². The highest BCUT2D eigenvalue weighted by atomic mass is 16.5. The molecule has 0 aromatic carbocycles. The summed E-state index contributed by atoms with van der Waals surface area (Å²) in [5.41, 5.74) is 1.26. The molecule has 1 aromatic heterocycles. The highest BCUT2D eigenvalue weighted by Gasteiger charge is 2.37. The number of hydrogen-bond acceptors (Lipinski definition) is 4. The van der Waals surface area contributed by atoms with Crippen molar-refractivity contribution in [2.75, 3.05) is 26.7 Å². The van der Waals surface area contributed by atoms with Gasteiger partial charge in [0.25, 0.3) is 0 Å². The zero-order valence-corrected chi connectivity index (χ0v) is 13.1. The Kier molecular flexibility index (Phi) is 5.00. The summed E-state index contributed by atoms with van der Waals surface area (Å²) in [6.07, 6.45) is 6.33. The summed E-state index contributed by atoms with van der Waals surface area (Å²) in [5.74, 6) is 0.850. The lowest BCUT2D eigenvalue weighted by molar-refractivity contribution is 0.110. The molecule has 1 atom stereocenters. The number of pyridine rings is 1. The highest BCUT2D eigenvalue weighted by molar-refractivity contribution is 5.28. The predicted molar refractivity (Wildman–Crippen MR) is 82.1 cm³/mol. The van der Waals surface area contributed by atoms with Gasteiger partial charge in [0.2, 0.25) is 0 Å². The van der Waals surface area contributed by atoms with Crippen molar-refractivity contribution in [3.8, 4) is 5.75 Å². The zero-order valence-electron chi connectivity index (χ0n) is 13.1. The molecule has 20 heavy (non-hydrogen) atoms. The summed E-state index contributed by atoms with van der Waals surface area (Å²) >= 11 is 0. The Hall–Kier alpha value is -1.13. The molecule has 0 amide bonds. The van der Waals surface area contributed by atoms with Crippen molar-refractivity contribution >= 4 is 0 Å². The van der Waals surface area contributed by atoms with E-state index in [9.17, 15) is 0 Å². The lowest BCUT2D eigenvalue weighted by atomic mass is 9.88. The van der Waals surface area contributed by atoms with E-state index in [1.807, 2.05) is 20.2 Å². The average Bonchev–Trinajstić information content (AvgIpc) is 2.95. The lowest BCUT2D eigenvalue weighted by Gasteiger charge is -2.42. The first kappa shape index (κ1) is 15.3. The van der Waals surface area contributed by atoms with Crippen LogP contribution in [0, 0.1) is 0 Å². The van der Waals surface area contributed by atoms with Crippen LogP contribution in [-0.2, 0) is 0 Å². The van der Waals surface area contributed by atoms with E-state index >= 15 is 0 Å². The Labute approximate surface area is 122 Å². The molecule has 0 bridgehead atoms. The monoisotopic (exact) mass is 277 g/mol. The van der Waals surface area contributed by atoms with E-state index in [0.29, 0.717) is 6.61 Å². The second kappa shape index (κ2) is 6.55. The summed E-state index contributed by atoms with van der Waals surface area (Å²) in [5, 5.41) is 3.47. The number of nitrogens with zero attached hydrogens (tertiary/aromatic N) is 2. The van der Waals surface area contributed by atoms with Crippen molar-refractivity contribution in [1.82, 2.24) is 15.2 Å². The Bertz CT molecular complexity index is 427. The van der Waals surface area contributed by atoms with E-state index in [4.69, 9.17) is 4.74 Å². The number of aromatic nitrogens is 1. The van der Waals surface area contributed by atoms with Crippen molar-refractivity contribution in [2.24, 2.45) is 0 Å². The maximum atomic E-state index is 5.58. The van der Waals surface area contributed by atoms with Crippen molar-refractivity contribution in [2.45, 2.75) is 45.2 Å². The number of nitrogens with one attached hydrogen (secondary N) is 1. The van der Waals surface area contributed by atoms with E-state index in [2.05, 4.69) is 35.1 Å². The third-order valence-corrected chi connectivity index (χ3v) is 4.29. The Morgan fingerprint density at radius 2 is 2.05 bits per heavy atom. The van der Waals surface area contributed by atoms with Crippen LogP contribution in [0.2, 0.25) is 0 Å². The molecule has 1 aliphatic rings. The maximum absolute atomic E-state index is 5.58. The molecule has 0 saturated carbocycles. The Morgan fingerprint density at radius 3 is 2.65 bits per heavy atom. The molecule has 1 aromatic rings. The summed E-state index contributed by atoms with van der Waals surface area (Å²) < 4.78 is 5.58. The van der Waals surface area contributed by atoms with E-state index in [-0.39, 0.29) is 11.6 Å². The van der Waals surface area contributed by atoms with Gasteiger partial charge in [0.05, 0.1) is 18.8 Å². The quantitative estimate of drug-likeness (QED) is 0.867. The summed E-state index contributed by atoms with van der Waals surface area (Å²) in [6, 6.07) is 2.35. The van der Waals surface area contributed by atoms with Crippen LogP contribution < -0.4 is 10.1 Å². The number of likely N-dealkylation sites (N-methyl/N-ethyl adjacent to an activating group) is 1. The SMILES string of the molecule is CCOc1cncc(C(NC)C(C)(C)N2CCCC2)c1. The molecule has 1 fully saturated rings. The van der Waals surface area contributed by atoms with E-state index in [1.165, 1.54) is 31.5 Å². The molecule has 2 rings (SSSR count). The van der Waals surface area contributed by atoms with Crippen LogP contribution >= 0.6 is 0 Å². The minimum absolute atomic E-state index is 0.0672. The van der Waals surface area contributed by atoms with Gasteiger partial charge >= 0.3 is 0 Å². The van der Waals surface area contributed by atoms with E-state index in [1.54, 1.807) is 6.20 Å². The minimum atomic E-state index is 0.0672. The molecular weight excluding hydrogens is 250 g/mol. The van der Waals surface area contributed by atoms with Crippen LogP contribution in [0.15, 0.2) is 18.5 Å². The summed E-state index contributed by atoms with van der Waals surface area (Å²) in [6.45, 7) is 9.66. The topological polar surface area (TPSA) is 37.4 Å². The first-order valence-corrected chi connectivity index (χ1v) is 7.59. The molecule has 112 valence electrons. The third-order valence-electron chi connectivity index (χ3n) is 4.29. The van der Waals surface area contributed by atoms with Crippen molar-refractivity contribution in [3.05, 3.63) is 24.0 Å². The first-order valence-electron chi connectivity index (χ1n) is 7.59. The number of rotatable bonds is 6. The molecule has 4 heteroatoms. The average molecular weight is 277 g/mol. The summed E-state index contributed by atoms with van der Waals surface area (Å²) in [7, 11) is 2.02. The fourth-order valence-electron chi connectivity index (χ4n) is 3.24. The first-order chi connectivity index (χ1) is 9.59. The number of likely N-dealkylation sites (tertiary alicyclic amines) is 1. The predicted octanol–water partition coefficient (Wildman–Crippen LogP) is 2.62.